The highest BCUT2D eigenvalue weighted by Gasteiger charge is 2.46. The molecule has 0 aromatic carbocycles. The van der Waals surface area contributed by atoms with Gasteiger partial charge in [0.2, 0.25) is 0 Å². The number of halogens is 1. The number of pyridine rings is 1. The zero-order valence-corrected chi connectivity index (χ0v) is 12.4. The third kappa shape index (κ3) is 2.54. The summed E-state index contributed by atoms with van der Waals surface area (Å²) in [7, 11) is 0. The average molecular weight is 295 g/mol. The van der Waals surface area contributed by atoms with Crippen LogP contribution in [-0.4, -0.2) is 41.1 Å². The van der Waals surface area contributed by atoms with Crippen molar-refractivity contribution < 1.29 is 9.53 Å². The van der Waals surface area contributed by atoms with Gasteiger partial charge in [-0.05, 0) is 30.9 Å². The zero-order chi connectivity index (χ0) is 14.2. The molecule has 2 atom stereocenters. The molecule has 5 heteroatoms. The zero-order valence-electron chi connectivity index (χ0n) is 11.6. The van der Waals surface area contributed by atoms with Gasteiger partial charge in [-0.25, -0.2) is 4.98 Å². The SMILES string of the molecule is CCC1COC2(CCN(C(=O)c3cccc(Cl)n3)C2)C1. The van der Waals surface area contributed by atoms with Crippen LogP contribution in [0.2, 0.25) is 5.15 Å². The summed E-state index contributed by atoms with van der Waals surface area (Å²) >= 11 is 5.85. The Morgan fingerprint density at radius 3 is 3.15 bits per heavy atom. The molecular formula is C15H19ClN2O2. The van der Waals surface area contributed by atoms with Crippen LogP contribution in [0.1, 0.15) is 36.7 Å². The summed E-state index contributed by atoms with van der Waals surface area (Å²) in [5, 5.41) is 0.355. The fraction of sp³-hybridized carbons (Fsp3) is 0.600. The molecule has 1 spiro atoms. The fourth-order valence-electron chi connectivity index (χ4n) is 3.19. The van der Waals surface area contributed by atoms with Crippen LogP contribution in [0.5, 0.6) is 0 Å². The number of carbonyl (C=O) groups excluding carboxylic acids is 1. The minimum Gasteiger partial charge on any atom is -0.373 e. The van der Waals surface area contributed by atoms with Crippen molar-refractivity contribution in [1.29, 1.82) is 0 Å². The molecule has 2 aliphatic heterocycles. The Balaban J connectivity index is 1.70. The predicted molar refractivity (Wildman–Crippen MR) is 76.8 cm³/mol. The summed E-state index contributed by atoms with van der Waals surface area (Å²) in [6.07, 6.45) is 3.14. The highest BCUT2D eigenvalue weighted by molar-refractivity contribution is 6.29. The lowest BCUT2D eigenvalue weighted by Crippen LogP contribution is -2.36. The van der Waals surface area contributed by atoms with Crippen LogP contribution in [0.25, 0.3) is 0 Å². The Kier molecular flexibility index (Phi) is 3.69. The smallest absolute Gasteiger partial charge is 0.272 e. The first-order valence-electron chi connectivity index (χ1n) is 7.18. The van der Waals surface area contributed by atoms with Gasteiger partial charge in [0.15, 0.2) is 0 Å². The fourth-order valence-corrected chi connectivity index (χ4v) is 3.36. The number of hydrogen-bond acceptors (Lipinski definition) is 3. The second-order valence-electron chi connectivity index (χ2n) is 5.79. The molecular weight excluding hydrogens is 276 g/mol. The van der Waals surface area contributed by atoms with Gasteiger partial charge in [0.05, 0.1) is 18.8 Å². The van der Waals surface area contributed by atoms with E-state index in [9.17, 15) is 4.79 Å². The number of nitrogens with zero attached hydrogens (tertiary/aromatic N) is 2. The molecule has 2 unspecified atom stereocenters. The van der Waals surface area contributed by atoms with Crippen LogP contribution in [-0.2, 0) is 4.74 Å². The van der Waals surface area contributed by atoms with Crippen molar-refractivity contribution in [1.82, 2.24) is 9.88 Å². The third-order valence-electron chi connectivity index (χ3n) is 4.40. The summed E-state index contributed by atoms with van der Waals surface area (Å²) in [4.78, 5) is 18.4. The highest BCUT2D eigenvalue weighted by atomic mass is 35.5. The lowest BCUT2D eigenvalue weighted by molar-refractivity contribution is 0.0115. The van der Waals surface area contributed by atoms with Gasteiger partial charge in [0.1, 0.15) is 10.8 Å². The quantitative estimate of drug-likeness (QED) is 0.788. The van der Waals surface area contributed by atoms with E-state index in [2.05, 4.69) is 11.9 Å². The van der Waals surface area contributed by atoms with E-state index in [1.807, 2.05) is 4.90 Å². The molecule has 0 N–H and O–H groups in total. The van der Waals surface area contributed by atoms with Gasteiger partial charge in [-0.1, -0.05) is 31.0 Å². The van der Waals surface area contributed by atoms with Gasteiger partial charge in [0, 0.05) is 6.54 Å². The monoisotopic (exact) mass is 294 g/mol. The molecule has 0 aliphatic carbocycles. The summed E-state index contributed by atoms with van der Waals surface area (Å²) in [6.45, 7) is 4.44. The van der Waals surface area contributed by atoms with E-state index < -0.39 is 0 Å². The number of amides is 1. The first kappa shape index (κ1) is 13.8. The molecule has 3 rings (SSSR count). The average Bonchev–Trinajstić information content (AvgIpc) is 3.06. The van der Waals surface area contributed by atoms with Crippen molar-refractivity contribution in [2.24, 2.45) is 5.92 Å². The van der Waals surface area contributed by atoms with Crippen LogP contribution in [0.3, 0.4) is 0 Å². The normalized spacial score (nSPS) is 29.3. The van der Waals surface area contributed by atoms with Crippen LogP contribution in [0.15, 0.2) is 18.2 Å². The number of carbonyl (C=O) groups is 1. The third-order valence-corrected chi connectivity index (χ3v) is 4.61. The van der Waals surface area contributed by atoms with Crippen LogP contribution >= 0.6 is 11.6 Å². The summed E-state index contributed by atoms with van der Waals surface area (Å²) in [5.41, 5.74) is 0.300. The van der Waals surface area contributed by atoms with Crippen LogP contribution < -0.4 is 0 Å². The van der Waals surface area contributed by atoms with Crippen molar-refractivity contribution in [3.8, 4) is 0 Å². The van der Waals surface area contributed by atoms with Gasteiger partial charge in [-0.15, -0.1) is 0 Å². The molecule has 1 aromatic heterocycles. The maximum Gasteiger partial charge on any atom is 0.272 e. The number of aromatic nitrogens is 1. The Bertz CT molecular complexity index is 522. The van der Waals surface area contributed by atoms with E-state index in [-0.39, 0.29) is 11.5 Å². The standard InChI is InChI=1S/C15H19ClN2O2/c1-2-11-8-15(20-9-11)6-7-18(10-15)14(19)12-4-3-5-13(16)17-12/h3-5,11H,2,6-10H2,1H3. The van der Waals surface area contributed by atoms with Crippen LogP contribution in [0.4, 0.5) is 0 Å². The number of likely N-dealkylation sites (tertiary alicyclic amines) is 1. The van der Waals surface area contributed by atoms with E-state index >= 15 is 0 Å². The Hall–Kier alpha value is -1.13. The molecule has 108 valence electrons. The highest BCUT2D eigenvalue weighted by Crippen LogP contribution is 2.39. The predicted octanol–water partition coefficient (Wildman–Crippen LogP) is 2.77. The van der Waals surface area contributed by atoms with Gasteiger partial charge in [-0.2, -0.15) is 0 Å². The van der Waals surface area contributed by atoms with E-state index in [0.29, 0.717) is 23.3 Å². The summed E-state index contributed by atoms with van der Waals surface area (Å²) in [6, 6.07) is 5.15. The second kappa shape index (κ2) is 5.34. The maximum absolute atomic E-state index is 12.4. The lowest BCUT2D eigenvalue weighted by Gasteiger charge is -2.23. The molecule has 3 heterocycles. The van der Waals surface area contributed by atoms with Gasteiger partial charge >= 0.3 is 0 Å². The van der Waals surface area contributed by atoms with Crippen molar-refractivity contribution in [2.45, 2.75) is 31.8 Å². The molecule has 0 saturated carbocycles. The number of rotatable bonds is 2. The summed E-state index contributed by atoms with van der Waals surface area (Å²) in [5.74, 6) is 0.585. The van der Waals surface area contributed by atoms with E-state index in [1.54, 1.807) is 18.2 Å². The Morgan fingerprint density at radius 2 is 2.45 bits per heavy atom. The maximum atomic E-state index is 12.4. The van der Waals surface area contributed by atoms with Crippen molar-refractivity contribution in [2.75, 3.05) is 19.7 Å². The van der Waals surface area contributed by atoms with E-state index in [0.717, 1.165) is 32.4 Å². The van der Waals surface area contributed by atoms with Gasteiger partial charge in [-0.3, -0.25) is 4.79 Å². The number of ether oxygens (including phenoxy) is 1. The molecule has 20 heavy (non-hydrogen) atoms. The Labute approximate surface area is 124 Å². The first-order valence-corrected chi connectivity index (χ1v) is 7.55. The minimum atomic E-state index is -0.116. The van der Waals surface area contributed by atoms with Crippen molar-refractivity contribution in [3.63, 3.8) is 0 Å². The molecule has 0 radical (unpaired) electrons. The minimum absolute atomic E-state index is 0.0482. The van der Waals surface area contributed by atoms with Gasteiger partial charge in [0.25, 0.3) is 5.91 Å². The molecule has 1 aromatic rings. The summed E-state index contributed by atoms with van der Waals surface area (Å²) < 4.78 is 6.00. The van der Waals surface area contributed by atoms with Crippen molar-refractivity contribution >= 4 is 17.5 Å². The molecule has 2 saturated heterocycles. The molecule has 2 fully saturated rings. The second-order valence-corrected chi connectivity index (χ2v) is 6.18. The molecule has 4 nitrogen and oxygen atoms in total. The molecule has 1 amide bonds. The topological polar surface area (TPSA) is 42.4 Å². The van der Waals surface area contributed by atoms with E-state index in [1.165, 1.54) is 0 Å². The van der Waals surface area contributed by atoms with Crippen LogP contribution in [0, 0.1) is 5.92 Å². The van der Waals surface area contributed by atoms with Crippen molar-refractivity contribution in [3.05, 3.63) is 29.0 Å². The Morgan fingerprint density at radius 1 is 1.60 bits per heavy atom. The number of hydrogen-bond donors (Lipinski definition) is 0. The molecule has 0 bridgehead atoms. The largest absolute Gasteiger partial charge is 0.373 e. The van der Waals surface area contributed by atoms with E-state index in [4.69, 9.17) is 16.3 Å². The lowest BCUT2D eigenvalue weighted by atomic mass is 9.92. The van der Waals surface area contributed by atoms with Gasteiger partial charge < -0.3 is 9.64 Å². The molecule has 2 aliphatic rings. The first-order chi connectivity index (χ1) is 9.62.